The van der Waals surface area contributed by atoms with Crippen LogP contribution in [-0.4, -0.2) is 49.7 Å². The topological polar surface area (TPSA) is 97.9 Å². The second-order valence-corrected chi connectivity index (χ2v) is 6.55. The van der Waals surface area contributed by atoms with Crippen molar-refractivity contribution in [2.75, 3.05) is 11.9 Å². The minimum absolute atomic E-state index is 0.0923. The molecule has 3 rings (SSSR count). The monoisotopic (exact) mass is 381 g/mol. The van der Waals surface area contributed by atoms with Crippen LogP contribution >= 0.6 is 0 Å². The van der Waals surface area contributed by atoms with Crippen LogP contribution in [0.5, 0.6) is 0 Å². The zero-order valence-electron chi connectivity index (χ0n) is 15.9. The van der Waals surface area contributed by atoms with Crippen molar-refractivity contribution in [2.45, 2.75) is 32.5 Å². The molecule has 0 saturated heterocycles. The van der Waals surface area contributed by atoms with Crippen molar-refractivity contribution in [3.8, 4) is 0 Å². The number of nitrogens with one attached hydrogen (secondary N) is 1. The molecule has 0 aliphatic carbocycles. The quantitative estimate of drug-likeness (QED) is 0.564. The normalized spacial score (nSPS) is 11.8. The van der Waals surface area contributed by atoms with E-state index in [0.29, 0.717) is 31.9 Å². The van der Waals surface area contributed by atoms with E-state index < -0.39 is 0 Å². The molecule has 0 aliphatic rings. The predicted molar refractivity (Wildman–Crippen MR) is 104 cm³/mol. The Kier molecular flexibility index (Phi) is 6.15. The Balaban J connectivity index is 1.52. The lowest BCUT2D eigenvalue weighted by Gasteiger charge is -2.16. The van der Waals surface area contributed by atoms with Crippen LogP contribution in [0, 0.1) is 0 Å². The summed E-state index contributed by atoms with van der Waals surface area (Å²) >= 11 is 0. The molecule has 2 amide bonds. The standard InChI is InChI=1S/C19H23N7O2/c1-15(8-10-25-11-9-20-19(25)24(2)14-27)22-18(28)17-21-13-26(23-17)12-16-6-4-3-5-7-16/h3-7,9,11,13-15H,8,10,12H2,1-2H3,(H,22,28). The molecule has 3 aromatic rings. The minimum atomic E-state index is -0.310. The number of hydrogen-bond donors (Lipinski definition) is 1. The van der Waals surface area contributed by atoms with E-state index in [2.05, 4.69) is 20.4 Å². The van der Waals surface area contributed by atoms with Crippen molar-refractivity contribution >= 4 is 18.3 Å². The van der Waals surface area contributed by atoms with Gasteiger partial charge in [0.1, 0.15) is 6.33 Å². The van der Waals surface area contributed by atoms with Crippen molar-refractivity contribution in [2.24, 2.45) is 0 Å². The molecule has 1 atom stereocenters. The number of hydrogen-bond acceptors (Lipinski definition) is 5. The lowest BCUT2D eigenvalue weighted by atomic mass is 10.2. The summed E-state index contributed by atoms with van der Waals surface area (Å²) in [7, 11) is 1.65. The second kappa shape index (κ2) is 8.94. The molecular formula is C19H23N7O2. The summed E-state index contributed by atoms with van der Waals surface area (Å²) in [6.45, 7) is 3.09. The molecule has 0 radical (unpaired) electrons. The van der Waals surface area contributed by atoms with Gasteiger partial charge in [-0.25, -0.2) is 14.6 Å². The Morgan fingerprint density at radius 2 is 2.07 bits per heavy atom. The van der Waals surface area contributed by atoms with E-state index >= 15 is 0 Å². The summed E-state index contributed by atoms with van der Waals surface area (Å²) in [5, 5.41) is 7.15. The Morgan fingerprint density at radius 3 is 2.82 bits per heavy atom. The van der Waals surface area contributed by atoms with Gasteiger partial charge in [0.25, 0.3) is 5.91 Å². The molecular weight excluding hydrogens is 358 g/mol. The first-order chi connectivity index (χ1) is 13.6. The highest BCUT2D eigenvalue weighted by Crippen LogP contribution is 2.10. The first-order valence-electron chi connectivity index (χ1n) is 9.00. The van der Waals surface area contributed by atoms with Gasteiger partial charge in [0.2, 0.25) is 18.2 Å². The number of amides is 2. The number of anilines is 1. The third-order valence-electron chi connectivity index (χ3n) is 4.27. The Labute approximate surface area is 163 Å². The van der Waals surface area contributed by atoms with Gasteiger partial charge in [0.15, 0.2) is 0 Å². The van der Waals surface area contributed by atoms with E-state index in [4.69, 9.17) is 0 Å². The molecule has 0 fully saturated rings. The summed E-state index contributed by atoms with van der Waals surface area (Å²) in [6, 6.07) is 9.77. The maximum atomic E-state index is 12.4. The molecule has 2 aromatic heterocycles. The Hall–Kier alpha value is -3.49. The van der Waals surface area contributed by atoms with Gasteiger partial charge in [-0.15, -0.1) is 5.10 Å². The molecule has 1 aromatic carbocycles. The molecule has 146 valence electrons. The van der Waals surface area contributed by atoms with Crippen LogP contribution in [-0.2, 0) is 17.9 Å². The van der Waals surface area contributed by atoms with Crippen LogP contribution in [0.3, 0.4) is 0 Å². The molecule has 9 heteroatoms. The number of carbonyl (C=O) groups is 2. The lowest BCUT2D eigenvalue weighted by Crippen LogP contribution is -2.34. The van der Waals surface area contributed by atoms with Crippen LogP contribution in [0.25, 0.3) is 0 Å². The molecule has 0 bridgehead atoms. The van der Waals surface area contributed by atoms with E-state index in [-0.39, 0.29) is 17.8 Å². The first-order valence-corrected chi connectivity index (χ1v) is 9.00. The molecule has 1 N–H and O–H groups in total. The van der Waals surface area contributed by atoms with Gasteiger partial charge in [-0.3, -0.25) is 14.5 Å². The molecule has 0 aliphatic heterocycles. The fraction of sp³-hybridized carbons (Fsp3) is 0.316. The fourth-order valence-corrected chi connectivity index (χ4v) is 2.78. The second-order valence-electron chi connectivity index (χ2n) is 6.55. The van der Waals surface area contributed by atoms with Crippen LogP contribution in [0.15, 0.2) is 49.1 Å². The Morgan fingerprint density at radius 1 is 1.29 bits per heavy atom. The summed E-state index contributed by atoms with van der Waals surface area (Å²) in [5.41, 5.74) is 1.09. The average molecular weight is 381 g/mol. The minimum Gasteiger partial charge on any atom is -0.347 e. The highest BCUT2D eigenvalue weighted by molar-refractivity contribution is 5.90. The van der Waals surface area contributed by atoms with Crippen molar-refractivity contribution in [3.63, 3.8) is 0 Å². The van der Waals surface area contributed by atoms with Crippen LogP contribution in [0.2, 0.25) is 0 Å². The number of carbonyl (C=O) groups excluding carboxylic acids is 2. The van der Waals surface area contributed by atoms with Gasteiger partial charge in [-0.1, -0.05) is 30.3 Å². The van der Waals surface area contributed by atoms with Gasteiger partial charge >= 0.3 is 0 Å². The van der Waals surface area contributed by atoms with E-state index in [0.717, 1.165) is 5.56 Å². The molecule has 9 nitrogen and oxygen atoms in total. The summed E-state index contributed by atoms with van der Waals surface area (Å²) in [5.74, 6) is 0.400. The maximum absolute atomic E-state index is 12.4. The molecule has 0 spiro atoms. The average Bonchev–Trinajstić information content (AvgIpc) is 3.36. The zero-order chi connectivity index (χ0) is 19.9. The van der Waals surface area contributed by atoms with Crippen LogP contribution < -0.4 is 10.2 Å². The zero-order valence-corrected chi connectivity index (χ0v) is 15.9. The number of aromatic nitrogens is 5. The van der Waals surface area contributed by atoms with E-state index in [1.807, 2.05) is 41.8 Å². The fourth-order valence-electron chi connectivity index (χ4n) is 2.78. The molecule has 1 unspecified atom stereocenters. The first kappa shape index (κ1) is 19.3. The maximum Gasteiger partial charge on any atom is 0.291 e. The van der Waals surface area contributed by atoms with Gasteiger partial charge in [-0.2, -0.15) is 0 Å². The summed E-state index contributed by atoms with van der Waals surface area (Å²) in [6.07, 6.45) is 6.38. The number of benzene rings is 1. The van der Waals surface area contributed by atoms with Gasteiger partial charge < -0.3 is 9.88 Å². The number of imidazole rings is 1. The molecule has 0 saturated carbocycles. The highest BCUT2D eigenvalue weighted by atomic mass is 16.2. The van der Waals surface area contributed by atoms with Gasteiger partial charge in [0, 0.05) is 32.0 Å². The van der Waals surface area contributed by atoms with Crippen molar-refractivity contribution in [3.05, 3.63) is 60.4 Å². The summed E-state index contributed by atoms with van der Waals surface area (Å²) in [4.78, 5) is 33.0. The number of nitrogens with zero attached hydrogens (tertiary/aromatic N) is 6. The largest absolute Gasteiger partial charge is 0.347 e. The Bertz CT molecular complexity index is 919. The van der Waals surface area contributed by atoms with Gasteiger partial charge in [-0.05, 0) is 18.9 Å². The van der Waals surface area contributed by atoms with Crippen molar-refractivity contribution < 1.29 is 9.59 Å². The summed E-state index contributed by atoms with van der Waals surface area (Å²) < 4.78 is 3.51. The van der Waals surface area contributed by atoms with E-state index in [1.165, 1.54) is 4.90 Å². The molecule has 2 heterocycles. The van der Waals surface area contributed by atoms with E-state index in [1.54, 1.807) is 30.5 Å². The van der Waals surface area contributed by atoms with Gasteiger partial charge in [0.05, 0.1) is 6.54 Å². The number of aryl methyl sites for hydroxylation is 1. The third-order valence-corrected chi connectivity index (χ3v) is 4.27. The van der Waals surface area contributed by atoms with Crippen molar-refractivity contribution in [1.29, 1.82) is 0 Å². The van der Waals surface area contributed by atoms with Crippen LogP contribution in [0.1, 0.15) is 29.5 Å². The van der Waals surface area contributed by atoms with Crippen molar-refractivity contribution in [1.82, 2.24) is 29.6 Å². The molecule has 28 heavy (non-hydrogen) atoms. The lowest BCUT2D eigenvalue weighted by molar-refractivity contribution is -0.107. The number of rotatable bonds is 9. The highest BCUT2D eigenvalue weighted by Gasteiger charge is 2.15. The third kappa shape index (κ3) is 4.81. The predicted octanol–water partition coefficient (Wildman–Crippen LogP) is 1.32. The SMILES string of the molecule is CC(CCn1ccnc1N(C)C=O)NC(=O)c1ncn(Cc2ccccc2)n1. The van der Waals surface area contributed by atoms with Crippen LogP contribution in [0.4, 0.5) is 5.95 Å². The van der Waals surface area contributed by atoms with E-state index in [9.17, 15) is 9.59 Å². The smallest absolute Gasteiger partial charge is 0.291 e.